The largest absolute Gasteiger partial charge is 0.481 e. The van der Waals surface area contributed by atoms with Gasteiger partial charge in [-0.2, -0.15) is 0 Å². The Hall–Kier alpha value is -2.36. The first-order valence-corrected chi connectivity index (χ1v) is 6.89. The van der Waals surface area contributed by atoms with E-state index in [1.54, 1.807) is 12.1 Å². The monoisotopic (exact) mass is 287 g/mol. The molecule has 0 saturated carbocycles. The van der Waals surface area contributed by atoms with Crippen LogP contribution in [0.5, 0.6) is 0 Å². The number of anilines is 1. The molecule has 110 valence electrons. The fraction of sp³-hybridized carbons (Fsp3) is 0.235. The van der Waals surface area contributed by atoms with Gasteiger partial charge in [-0.05, 0) is 42.3 Å². The molecule has 0 atom stereocenters. The molecular weight excluding hydrogens is 269 g/mol. The van der Waals surface area contributed by atoms with Crippen LogP contribution in [0, 0.1) is 5.82 Å². The molecule has 0 spiro atoms. The Morgan fingerprint density at radius 1 is 1.10 bits per heavy atom. The van der Waals surface area contributed by atoms with Gasteiger partial charge in [-0.1, -0.05) is 24.3 Å². The predicted molar refractivity (Wildman–Crippen MR) is 80.9 cm³/mol. The summed E-state index contributed by atoms with van der Waals surface area (Å²) in [5.74, 6) is -1.10. The van der Waals surface area contributed by atoms with Gasteiger partial charge in [0.25, 0.3) is 0 Å². The quantitative estimate of drug-likeness (QED) is 0.884. The summed E-state index contributed by atoms with van der Waals surface area (Å²) in [6.07, 6.45) is 0.0111. The van der Waals surface area contributed by atoms with Gasteiger partial charge in [-0.25, -0.2) is 4.39 Å². The Morgan fingerprint density at radius 3 is 2.29 bits per heavy atom. The van der Waals surface area contributed by atoms with E-state index in [2.05, 4.69) is 4.90 Å². The van der Waals surface area contributed by atoms with Crippen molar-refractivity contribution < 1.29 is 14.3 Å². The predicted octanol–water partition coefficient (Wildman–Crippen LogP) is 3.48. The average molecular weight is 287 g/mol. The molecule has 0 saturated heterocycles. The van der Waals surface area contributed by atoms with Gasteiger partial charge in [0.15, 0.2) is 0 Å². The van der Waals surface area contributed by atoms with Crippen molar-refractivity contribution in [1.82, 2.24) is 0 Å². The van der Waals surface area contributed by atoms with Crippen molar-refractivity contribution in [2.45, 2.75) is 19.9 Å². The number of carboxylic acid groups (broad SMARTS) is 1. The highest BCUT2D eigenvalue weighted by Crippen LogP contribution is 2.19. The molecule has 2 rings (SSSR count). The summed E-state index contributed by atoms with van der Waals surface area (Å²) < 4.78 is 13.0. The van der Waals surface area contributed by atoms with Crippen LogP contribution >= 0.6 is 0 Å². The molecule has 0 unspecified atom stereocenters. The molecule has 0 aliphatic carbocycles. The van der Waals surface area contributed by atoms with Crippen LogP contribution in [0.4, 0.5) is 10.1 Å². The lowest BCUT2D eigenvalue weighted by molar-refractivity contribution is -0.136. The van der Waals surface area contributed by atoms with Crippen LogP contribution in [-0.2, 0) is 17.8 Å². The Morgan fingerprint density at radius 2 is 1.71 bits per heavy atom. The van der Waals surface area contributed by atoms with Gasteiger partial charge in [0.1, 0.15) is 5.82 Å². The molecular formula is C17H18FNO2. The molecule has 0 bridgehead atoms. The third-order valence-electron chi connectivity index (χ3n) is 3.39. The van der Waals surface area contributed by atoms with Crippen molar-refractivity contribution in [2.75, 3.05) is 11.4 Å². The number of hydrogen-bond donors (Lipinski definition) is 1. The molecule has 0 amide bonds. The van der Waals surface area contributed by atoms with Crippen LogP contribution in [0.15, 0.2) is 48.5 Å². The fourth-order valence-corrected chi connectivity index (χ4v) is 2.29. The molecule has 0 fully saturated rings. The summed E-state index contributed by atoms with van der Waals surface area (Å²) in [5.41, 5.74) is 2.71. The number of halogens is 1. The summed E-state index contributed by atoms with van der Waals surface area (Å²) in [6, 6.07) is 13.8. The summed E-state index contributed by atoms with van der Waals surface area (Å²) in [6.45, 7) is 3.38. The summed E-state index contributed by atoms with van der Waals surface area (Å²) in [5, 5.41) is 8.97. The van der Waals surface area contributed by atoms with E-state index in [1.165, 1.54) is 12.1 Å². The SMILES string of the molecule is CCN(Cc1ccccc1CC(=O)O)c1ccc(F)cc1. The number of carboxylic acids is 1. The first-order valence-electron chi connectivity index (χ1n) is 6.89. The van der Waals surface area contributed by atoms with Crippen molar-refractivity contribution in [1.29, 1.82) is 0 Å². The van der Waals surface area contributed by atoms with Gasteiger partial charge in [0, 0.05) is 18.8 Å². The maximum absolute atomic E-state index is 13.0. The van der Waals surface area contributed by atoms with Crippen LogP contribution in [-0.4, -0.2) is 17.6 Å². The molecule has 0 aliphatic heterocycles. The number of benzene rings is 2. The van der Waals surface area contributed by atoms with Crippen LogP contribution < -0.4 is 4.90 Å². The summed E-state index contributed by atoms with van der Waals surface area (Å²) >= 11 is 0. The third-order valence-corrected chi connectivity index (χ3v) is 3.39. The minimum Gasteiger partial charge on any atom is -0.481 e. The number of carbonyl (C=O) groups is 1. The van der Waals surface area contributed by atoms with E-state index in [1.807, 2.05) is 31.2 Å². The molecule has 4 heteroatoms. The maximum atomic E-state index is 13.0. The highest BCUT2D eigenvalue weighted by Gasteiger charge is 2.10. The second kappa shape index (κ2) is 6.88. The number of nitrogens with zero attached hydrogens (tertiary/aromatic N) is 1. The number of aliphatic carboxylic acids is 1. The van der Waals surface area contributed by atoms with Crippen molar-refractivity contribution in [3.63, 3.8) is 0 Å². The summed E-state index contributed by atoms with van der Waals surface area (Å²) in [4.78, 5) is 13.0. The minimum atomic E-state index is -0.840. The first kappa shape index (κ1) is 15.0. The Labute approximate surface area is 123 Å². The van der Waals surface area contributed by atoms with Gasteiger partial charge in [-0.3, -0.25) is 4.79 Å². The zero-order valence-corrected chi connectivity index (χ0v) is 11.9. The maximum Gasteiger partial charge on any atom is 0.307 e. The standard InChI is InChI=1S/C17H18FNO2/c1-2-19(16-9-7-15(18)8-10-16)12-14-6-4-3-5-13(14)11-17(20)21/h3-10H,2,11-12H2,1H3,(H,20,21). The van der Waals surface area contributed by atoms with E-state index in [0.717, 1.165) is 23.4 Å². The van der Waals surface area contributed by atoms with Crippen LogP contribution in [0.1, 0.15) is 18.1 Å². The highest BCUT2D eigenvalue weighted by molar-refractivity contribution is 5.70. The zero-order valence-electron chi connectivity index (χ0n) is 11.9. The molecule has 3 nitrogen and oxygen atoms in total. The molecule has 2 aromatic rings. The van der Waals surface area contributed by atoms with E-state index in [-0.39, 0.29) is 12.2 Å². The number of hydrogen-bond acceptors (Lipinski definition) is 2. The van der Waals surface area contributed by atoms with Crippen LogP contribution in [0.2, 0.25) is 0 Å². The fourth-order valence-electron chi connectivity index (χ4n) is 2.29. The van der Waals surface area contributed by atoms with Gasteiger partial charge >= 0.3 is 5.97 Å². The van der Waals surface area contributed by atoms with E-state index < -0.39 is 5.97 Å². The highest BCUT2D eigenvalue weighted by atomic mass is 19.1. The topological polar surface area (TPSA) is 40.5 Å². The molecule has 21 heavy (non-hydrogen) atoms. The Bertz CT molecular complexity index is 610. The molecule has 0 radical (unpaired) electrons. The molecule has 0 aliphatic rings. The third kappa shape index (κ3) is 4.05. The van der Waals surface area contributed by atoms with Crippen molar-refractivity contribution in [2.24, 2.45) is 0 Å². The van der Waals surface area contributed by atoms with Gasteiger partial charge in [0.2, 0.25) is 0 Å². The first-order chi connectivity index (χ1) is 10.1. The second-order valence-electron chi connectivity index (χ2n) is 4.83. The smallest absolute Gasteiger partial charge is 0.307 e. The zero-order chi connectivity index (χ0) is 15.2. The van der Waals surface area contributed by atoms with Gasteiger partial charge < -0.3 is 10.0 Å². The van der Waals surface area contributed by atoms with E-state index >= 15 is 0 Å². The minimum absolute atomic E-state index is 0.0111. The summed E-state index contributed by atoms with van der Waals surface area (Å²) in [7, 11) is 0. The normalized spacial score (nSPS) is 10.4. The lowest BCUT2D eigenvalue weighted by Gasteiger charge is -2.24. The van der Waals surface area contributed by atoms with E-state index in [9.17, 15) is 9.18 Å². The molecule has 1 N–H and O–H groups in total. The van der Waals surface area contributed by atoms with E-state index in [0.29, 0.717) is 6.54 Å². The van der Waals surface area contributed by atoms with Crippen molar-refractivity contribution in [3.8, 4) is 0 Å². The van der Waals surface area contributed by atoms with Crippen LogP contribution in [0.3, 0.4) is 0 Å². The Balaban J connectivity index is 2.22. The second-order valence-corrected chi connectivity index (χ2v) is 4.83. The average Bonchev–Trinajstić information content (AvgIpc) is 2.47. The number of rotatable bonds is 6. The van der Waals surface area contributed by atoms with Gasteiger partial charge in [-0.15, -0.1) is 0 Å². The van der Waals surface area contributed by atoms with Crippen molar-refractivity contribution in [3.05, 3.63) is 65.5 Å². The van der Waals surface area contributed by atoms with Crippen LogP contribution in [0.25, 0.3) is 0 Å². The lowest BCUT2D eigenvalue weighted by atomic mass is 10.0. The molecule has 0 heterocycles. The van der Waals surface area contributed by atoms with E-state index in [4.69, 9.17) is 5.11 Å². The van der Waals surface area contributed by atoms with Gasteiger partial charge in [0.05, 0.1) is 6.42 Å². The Kier molecular flexibility index (Phi) is 4.93. The molecule has 0 aromatic heterocycles. The lowest BCUT2D eigenvalue weighted by Crippen LogP contribution is -2.23. The molecule has 2 aromatic carbocycles. The van der Waals surface area contributed by atoms with Crippen molar-refractivity contribution >= 4 is 11.7 Å².